The molecule has 2 bridgehead atoms. The van der Waals surface area contributed by atoms with Crippen molar-refractivity contribution in [3.63, 3.8) is 0 Å². The lowest BCUT2D eigenvalue weighted by Crippen LogP contribution is -2.54. The normalized spacial score (nSPS) is 18.5. The number of piperidine rings is 2. The Morgan fingerprint density at radius 3 is 2.31 bits per heavy atom. The number of esters is 1. The minimum atomic E-state index is -0.180. The first-order chi connectivity index (χ1) is 33.2. The van der Waals surface area contributed by atoms with Gasteiger partial charge < -0.3 is 29.2 Å². The highest BCUT2D eigenvalue weighted by Crippen LogP contribution is 2.36. The molecule has 2 unspecified atom stereocenters. The Balaban J connectivity index is 0.716. The number of nitrogens with one attached hydrogen (secondary N) is 1. The van der Waals surface area contributed by atoms with Crippen molar-refractivity contribution >= 4 is 28.7 Å². The maximum atomic E-state index is 13.9. The van der Waals surface area contributed by atoms with E-state index in [1.165, 1.54) is 6.42 Å². The van der Waals surface area contributed by atoms with Crippen molar-refractivity contribution < 1.29 is 33.3 Å². The smallest absolute Gasteiger partial charge is 0.310 e. The number of carbonyl (C=O) groups is 3. The number of hydrogen-bond acceptors (Lipinski definition) is 11. The molecule has 1 N–H and O–H groups in total. The number of carbonyl (C=O) groups excluding carboxylic acids is 3. The van der Waals surface area contributed by atoms with Gasteiger partial charge in [-0.3, -0.25) is 33.5 Å². The quantitative estimate of drug-likeness (QED) is 0.0621. The van der Waals surface area contributed by atoms with Crippen LogP contribution in [0.4, 0.5) is 0 Å². The summed E-state index contributed by atoms with van der Waals surface area (Å²) in [6.45, 7) is 8.63. The molecular formula is C54H66N6O8. The van der Waals surface area contributed by atoms with Crippen LogP contribution in [0, 0.1) is 6.92 Å². The third-order valence-corrected chi connectivity index (χ3v) is 13.6. The summed E-state index contributed by atoms with van der Waals surface area (Å²) in [6, 6.07) is 28.6. The van der Waals surface area contributed by atoms with Gasteiger partial charge in [-0.25, -0.2) is 4.98 Å². The molecular weight excluding hydrogens is 861 g/mol. The molecule has 3 saturated heterocycles. The Hall–Kier alpha value is -6.25. The van der Waals surface area contributed by atoms with Crippen LogP contribution in [0.25, 0.3) is 16.6 Å². The molecule has 2 amide bonds. The van der Waals surface area contributed by atoms with Crippen LogP contribution in [-0.4, -0.2) is 120 Å². The van der Waals surface area contributed by atoms with Crippen molar-refractivity contribution in [3.8, 4) is 22.9 Å². The molecule has 4 aromatic carbocycles. The van der Waals surface area contributed by atoms with Crippen molar-refractivity contribution in [2.75, 3.05) is 59.6 Å². The van der Waals surface area contributed by atoms with Gasteiger partial charge in [-0.2, -0.15) is 0 Å². The first-order valence-corrected chi connectivity index (χ1v) is 24.5. The van der Waals surface area contributed by atoms with Crippen LogP contribution in [0.1, 0.15) is 92.0 Å². The van der Waals surface area contributed by atoms with Gasteiger partial charge in [-0.05, 0) is 101 Å². The number of aromatic nitrogens is 2. The first-order valence-electron chi connectivity index (χ1n) is 24.5. The van der Waals surface area contributed by atoms with E-state index in [2.05, 4.69) is 15.1 Å². The molecule has 0 aliphatic carbocycles. The highest BCUT2D eigenvalue weighted by Gasteiger charge is 2.39. The summed E-state index contributed by atoms with van der Waals surface area (Å²) in [5.41, 5.74) is 3.65. The summed E-state index contributed by atoms with van der Waals surface area (Å²) in [4.78, 5) is 64.6. The monoisotopic (exact) mass is 926 g/mol. The number of para-hydroxylation sites is 3. The maximum absolute atomic E-state index is 13.9. The Bertz CT molecular complexity index is 2560. The largest absolute Gasteiger partial charge is 0.496 e. The molecule has 14 heteroatoms. The number of hydrogen-bond donors (Lipinski definition) is 1. The molecule has 3 fully saturated rings. The Kier molecular flexibility index (Phi) is 16.4. The minimum absolute atomic E-state index is 0.0330. The zero-order chi connectivity index (χ0) is 47.4. The summed E-state index contributed by atoms with van der Waals surface area (Å²) < 4.78 is 24.9. The van der Waals surface area contributed by atoms with Gasteiger partial charge in [0.2, 0.25) is 0 Å². The second-order valence-corrected chi connectivity index (χ2v) is 18.3. The van der Waals surface area contributed by atoms with Crippen LogP contribution in [0.3, 0.4) is 0 Å². The van der Waals surface area contributed by atoms with Gasteiger partial charge in [0.25, 0.3) is 17.4 Å². The maximum Gasteiger partial charge on any atom is 0.310 e. The third-order valence-electron chi connectivity index (χ3n) is 13.6. The average Bonchev–Trinajstić information content (AvgIpc) is 3.34. The summed E-state index contributed by atoms with van der Waals surface area (Å²) in [7, 11) is 1.63. The lowest BCUT2D eigenvalue weighted by Gasteiger charge is -2.48. The molecule has 0 spiro atoms. The highest BCUT2D eigenvalue weighted by molar-refractivity contribution is 5.94. The Morgan fingerprint density at radius 2 is 1.54 bits per heavy atom. The lowest BCUT2D eigenvalue weighted by molar-refractivity contribution is -0.154. The Labute approximate surface area is 399 Å². The number of unbranched alkanes of at least 4 members (excludes halogenated alkanes) is 3. The molecule has 360 valence electrons. The molecule has 3 aliphatic rings. The van der Waals surface area contributed by atoms with Crippen LogP contribution in [0.5, 0.6) is 17.2 Å². The van der Waals surface area contributed by atoms with Gasteiger partial charge in [-0.15, -0.1) is 0 Å². The molecule has 0 radical (unpaired) electrons. The highest BCUT2D eigenvalue weighted by atomic mass is 16.5. The summed E-state index contributed by atoms with van der Waals surface area (Å²) in [5.74, 6) is 2.05. The summed E-state index contributed by atoms with van der Waals surface area (Å²) in [5, 5.41) is 3.58. The molecule has 8 rings (SSSR count). The third kappa shape index (κ3) is 12.1. The van der Waals surface area contributed by atoms with E-state index in [0.29, 0.717) is 97.4 Å². The van der Waals surface area contributed by atoms with Crippen LogP contribution in [-0.2, 0) is 27.3 Å². The number of ether oxygens (including phenoxy) is 4. The molecule has 4 heterocycles. The van der Waals surface area contributed by atoms with E-state index in [-0.39, 0.29) is 42.5 Å². The zero-order valence-corrected chi connectivity index (χ0v) is 39.8. The fraction of sp³-hybridized carbons (Fsp3) is 0.463. The predicted octanol–water partition coefficient (Wildman–Crippen LogP) is 7.29. The summed E-state index contributed by atoms with van der Waals surface area (Å²) >= 11 is 0. The standard InChI is InChI=1S/C54H66N6O8/c1-4-66-49-19-10-9-18-47(49)60-50(56-46-17-8-7-16-45(46)54(60)64)36-57-28-30-58(31-29-57)51(61)37-67-43-23-21-39(22-24-43)53(63)55-26-11-5-6-12-27-59-41-14-13-15-42(59)35-44(34-41)68-52(62)33-40-32-38(2)20-25-48(40)65-3/h7-10,16-25,32,41-42,44H,4-6,11-15,26-31,33-37H2,1-3H3,(H,55,63). The second kappa shape index (κ2) is 23.2. The minimum Gasteiger partial charge on any atom is -0.496 e. The zero-order valence-electron chi connectivity index (χ0n) is 39.8. The molecule has 0 saturated carbocycles. The SMILES string of the molecule is CCOc1ccccc1-n1c(CN2CCN(C(=O)COc3ccc(C(=O)NCCCCCCN4C5CCCC4CC(OC(=O)Cc4cc(C)ccc4OC)C5)cc3)CC2)nc2ccccc2c1=O. The topological polar surface area (TPSA) is 145 Å². The summed E-state index contributed by atoms with van der Waals surface area (Å²) in [6.07, 6.45) is 9.67. The molecule has 2 atom stereocenters. The number of benzene rings is 4. The van der Waals surface area contributed by atoms with Gasteiger partial charge in [-0.1, -0.05) is 61.2 Å². The van der Waals surface area contributed by atoms with E-state index in [1.807, 2.05) is 74.5 Å². The van der Waals surface area contributed by atoms with E-state index in [1.54, 1.807) is 46.9 Å². The van der Waals surface area contributed by atoms with Crippen molar-refractivity contribution in [1.29, 1.82) is 0 Å². The first kappa shape index (κ1) is 48.2. The van der Waals surface area contributed by atoms with Gasteiger partial charge >= 0.3 is 5.97 Å². The van der Waals surface area contributed by atoms with E-state index in [9.17, 15) is 19.2 Å². The van der Waals surface area contributed by atoms with E-state index < -0.39 is 0 Å². The van der Waals surface area contributed by atoms with Gasteiger partial charge in [0.05, 0.1) is 43.3 Å². The molecule has 1 aromatic heterocycles. The average molecular weight is 927 g/mol. The number of aryl methyl sites for hydroxylation is 1. The van der Waals surface area contributed by atoms with Crippen LogP contribution in [0.15, 0.2) is 95.8 Å². The number of methoxy groups -OCH3 is 1. The van der Waals surface area contributed by atoms with Crippen molar-refractivity contribution in [3.05, 3.63) is 124 Å². The molecule has 3 aliphatic heterocycles. The van der Waals surface area contributed by atoms with Gasteiger partial charge in [0.1, 0.15) is 29.2 Å². The van der Waals surface area contributed by atoms with Crippen LogP contribution < -0.4 is 25.1 Å². The number of fused-ring (bicyclic) bond motifs is 3. The second-order valence-electron chi connectivity index (χ2n) is 18.3. The van der Waals surface area contributed by atoms with Crippen LogP contribution in [0.2, 0.25) is 0 Å². The lowest BCUT2D eigenvalue weighted by atomic mass is 9.82. The molecule has 14 nitrogen and oxygen atoms in total. The van der Waals surface area contributed by atoms with Gasteiger partial charge in [0, 0.05) is 68.8 Å². The predicted molar refractivity (Wildman–Crippen MR) is 262 cm³/mol. The van der Waals surface area contributed by atoms with Crippen molar-refractivity contribution in [2.45, 2.75) is 103 Å². The van der Waals surface area contributed by atoms with Gasteiger partial charge in [0.15, 0.2) is 6.61 Å². The van der Waals surface area contributed by atoms with E-state index in [0.717, 1.165) is 74.8 Å². The van der Waals surface area contributed by atoms with E-state index in [4.69, 9.17) is 23.9 Å². The van der Waals surface area contributed by atoms with Crippen molar-refractivity contribution in [2.24, 2.45) is 0 Å². The number of piperazine rings is 1. The number of rotatable bonds is 20. The van der Waals surface area contributed by atoms with Crippen molar-refractivity contribution in [1.82, 2.24) is 29.6 Å². The fourth-order valence-electron chi connectivity index (χ4n) is 10.1. The Morgan fingerprint density at radius 1 is 0.809 bits per heavy atom. The van der Waals surface area contributed by atoms with E-state index >= 15 is 0 Å². The number of nitrogens with zero attached hydrogens (tertiary/aromatic N) is 5. The molecule has 68 heavy (non-hydrogen) atoms. The van der Waals surface area contributed by atoms with Crippen LogP contribution >= 0.6 is 0 Å². The molecule has 5 aromatic rings. The number of amides is 2. The fourth-order valence-corrected chi connectivity index (χ4v) is 10.1.